The normalized spacial score (nSPS) is 12.3. The van der Waals surface area contributed by atoms with Crippen LogP contribution in [0, 0.1) is 0 Å². The molecule has 0 radical (unpaired) electrons. The quantitative estimate of drug-likeness (QED) is 0.832. The van der Waals surface area contributed by atoms with Crippen LogP contribution in [0.3, 0.4) is 0 Å². The van der Waals surface area contributed by atoms with E-state index in [2.05, 4.69) is 26.2 Å². The van der Waals surface area contributed by atoms with Gasteiger partial charge in [0.25, 0.3) is 5.91 Å². The maximum Gasteiger partial charge on any atom is 0.254 e. The molecule has 6 heteroatoms. The summed E-state index contributed by atoms with van der Waals surface area (Å²) in [5, 5.41) is 11.5. The third-order valence-corrected chi connectivity index (χ3v) is 2.44. The molecule has 1 unspecified atom stereocenters. The zero-order valence-electron chi connectivity index (χ0n) is 8.00. The number of hydrogen-bond acceptors (Lipinski definition) is 3. The van der Waals surface area contributed by atoms with Crippen molar-refractivity contribution in [2.24, 2.45) is 0 Å². The molecule has 0 bridgehead atoms. The number of aliphatic hydroxyl groups is 1. The molecule has 1 amide bonds. The average Bonchev–Trinajstić information content (AvgIpc) is 2.21. The Hall–Kier alpha value is -0.650. The molecule has 1 aromatic rings. The summed E-state index contributed by atoms with van der Waals surface area (Å²) in [4.78, 5) is 15.4. The molecule has 0 aliphatic rings. The maximum absolute atomic E-state index is 11.6. The molecule has 0 fully saturated rings. The molecule has 1 atom stereocenters. The van der Waals surface area contributed by atoms with Crippen LogP contribution in [0.25, 0.3) is 0 Å². The van der Waals surface area contributed by atoms with Gasteiger partial charge in [0.1, 0.15) is 5.15 Å². The first kappa shape index (κ1) is 12.4. The van der Waals surface area contributed by atoms with E-state index in [1.807, 2.05) is 0 Å². The molecule has 0 saturated carbocycles. The third-order valence-electron chi connectivity index (χ3n) is 1.70. The lowest BCUT2D eigenvalue weighted by Crippen LogP contribution is -2.35. The predicted molar refractivity (Wildman–Crippen MR) is 61.0 cm³/mol. The van der Waals surface area contributed by atoms with Gasteiger partial charge in [-0.25, -0.2) is 4.98 Å². The van der Waals surface area contributed by atoms with Crippen LogP contribution in [-0.2, 0) is 0 Å². The number of hydrogen-bond donors (Lipinski definition) is 2. The standard InChI is InChI=1S/C9H10BrClN2O2/c1-5(4-14)13-9(15)7-2-6(10)3-12-8(7)11/h2-3,5,14H,4H2,1H3,(H,13,15). The summed E-state index contributed by atoms with van der Waals surface area (Å²) in [6.45, 7) is 1.57. The van der Waals surface area contributed by atoms with Gasteiger partial charge in [-0.1, -0.05) is 11.6 Å². The van der Waals surface area contributed by atoms with Crippen LogP contribution >= 0.6 is 27.5 Å². The lowest BCUT2D eigenvalue weighted by molar-refractivity contribution is 0.0922. The monoisotopic (exact) mass is 292 g/mol. The Morgan fingerprint density at radius 3 is 3.07 bits per heavy atom. The van der Waals surface area contributed by atoms with Gasteiger partial charge in [-0.15, -0.1) is 0 Å². The van der Waals surface area contributed by atoms with Crippen LogP contribution in [0.2, 0.25) is 5.15 Å². The second kappa shape index (κ2) is 5.44. The fourth-order valence-corrected chi connectivity index (χ4v) is 1.45. The van der Waals surface area contributed by atoms with Gasteiger partial charge in [-0.3, -0.25) is 4.79 Å². The Kier molecular flexibility index (Phi) is 4.50. The number of amides is 1. The molecule has 0 saturated heterocycles. The molecule has 1 heterocycles. The number of aromatic nitrogens is 1. The van der Waals surface area contributed by atoms with Crippen molar-refractivity contribution in [1.29, 1.82) is 0 Å². The van der Waals surface area contributed by atoms with Crippen molar-refractivity contribution in [3.8, 4) is 0 Å². The topological polar surface area (TPSA) is 62.2 Å². The molecule has 1 aromatic heterocycles. The Bertz CT molecular complexity index is 373. The number of halogens is 2. The number of nitrogens with zero attached hydrogens (tertiary/aromatic N) is 1. The van der Waals surface area contributed by atoms with Crippen LogP contribution < -0.4 is 5.32 Å². The highest BCUT2D eigenvalue weighted by Crippen LogP contribution is 2.17. The molecule has 4 nitrogen and oxygen atoms in total. The van der Waals surface area contributed by atoms with Gasteiger partial charge in [0.05, 0.1) is 12.2 Å². The molecule has 0 aliphatic heterocycles. The van der Waals surface area contributed by atoms with Gasteiger partial charge in [0.2, 0.25) is 0 Å². The van der Waals surface area contributed by atoms with Crippen LogP contribution in [0.5, 0.6) is 0 Å². The van der Waals surface area contributed by atoms with Crippen LogP contribution in [0.1, 0.15) is 17.3 Å². The highest BCUT2D eigenvalue weighted by Gasteiger charge is 2.13. The number of carbonyl (C=O) groups is 1. The number of pyridine rings is 1. The second-order valence-electron chi connectivity index (χ2n) is 3.05. The Balaban J connectivity index is 2.86. The van der Waals surface area contributed by atoms with E-state index >= 15 is 0 Å². The van der Waals surface area contributed by atoms with E-state index in [-0.39, 0.29) is 29.3 Å². The molecule has 15 heavy (non-hydrogen) atoms. The number of aliphatic hydroxyl groups excluding tert-OH is 1. The van der Waals surface area contributed by atoms with Crippen LogP contribution in [-0.4, -0.2) is 28.6 Å². The zero-order valence-corrected chi connectivity index (χ0v) is 10.3. The van der Waals surface area contributed by atoms with E-state index in [1.165, 1.54) is 6.20 Å². The van der Waals surface area contributed by atoms with E-state index in [1.54, 1.807) is 13.0 Å². The number of nitrogens with one attached hydrogen (secondary N) is 1. The highest BCUT2D eigenvalue weighted by molar-refractivity contribution is 9.10. The predicted octanol–water partition coefficient (Wildman–Crippen LogP) is 1.61. The fraction of sp³-hybridized carbons (Fsp3) is 0.333. The van der Waals surface area contributed by atoms with Crippen molar-refractivity contribution in [3.63, 3.8) is 0 Å². The van der Waals surface area contributed by atoms with Crippen molar-refractivity contribution in [2.45, 2.75) is 13.0 Å². The molecular weight excluding hydrogens is 283 g/mol. The second-order valence-corrected chi connectivity index (χ2v) is 4.32. The number of carbonyl (C=O) groups excluding carboxylic acids is 1. The largest absolute Gasteiger partial charge is 0.394 e. The molecular formula is C9H10BrClN2O2. The van der Waals surface area contributed by atoms with Crippen LogP contribution in [0.15, 0.2) is 16.7 Å². The molecule has 0 spiro atoms. The van der Waals surface area contributed by atoms with Gasteiger partial charge in [-0.05, 0) is 28.9 Å². The number of rotatable bonds is 3. The van der Waals surface area contributed by atoms with Gasteiger partial charge < -0.3 is 10.4 Å². The fourth-order valence-electron chi connectivity index (χ4n) is 0.929. The first-order valence-corrected chi connectivity index (χ1v) is 5.44. The van der Waals surface area contributed by atoms with Crippen molar-refractivity contribution < 1.29 is 9.90 Å². The first-order chi connectivity index (χ1) is 7.04. The van der Waals surface area contributed by atoms with E-state index in [4.69, 9.17) is 16.7 Å². The minimum Gasteiger partial charge on any atom is -0.394 e. The molecule has 0 aliphatic carbocycles. The summed E-state index contributed by atoms with van der Waals surface area (Å²) in [7, 11) is 0. The highest BCUT2D eigenvalue weighted by atomic mass is 79.9. The average molecular weight is 294 g/mol. The Morgan fingerprint density at radius 2 is 2.47 bits per heavy atom. The summed E-state index contributed by atoms with van der Waals surface area (Å²) < 4.78 is 0.675. The van der Waals surface area contributed by atoms with Crippen molar-refractivity contribution in [3.05, 3.63) is 27.5 Å². The van der Waals surface area contributed by atoms with E-state index in [9.17, 15) is 4.79 Å². The SMILES string of the molecule is CC(CO)NC(=O)c1cc(Br)cnc1Cl. The molecule has 1 rings (SSSR count). The minimum absolute atomic E-state index is 0.120. The van der Waals surface area contributed by atoms with E-state index in [0.29, 0.717) is 4.47 Å². The third kappa shape index (κ3) is 3.44. The van der Waals surface area contributed by atoms with Crippen LogP contribution in [0.4, 0.5) is 0 Å². The zero-order chi connectivity index (χ0) is 11.4. The minimum atomic E-state index is -0.352. The first-order valence-electron chi connectivity index (χ1n) is 4.27. The maximum atomic E-state index is 11.6. The molecule has 2 N–H and O–H groups in total. The lowest BCUT2D eigenvalue weighted by Gasteiger charge is -2.11. The van der Waals surface area contributed by atoms with Crippen molar-refractivity contribution in [2.75, 3.05) is 6.61 Å². The molecule has 0 aromatic carbocycles. The Labute approximate surface area is 101 Å². The summed E-state index contributed by atoms with van der Waals surface area (Å²) in [5.74, 6) is -0.352. The van der Waals surface area contributed by atoms with Gasteiger partial charge in [0, 0.05) is 16.7 Å². The van der Waals surface area contributed by atoms with E-state index < -0.39 is 0 Å². The van der Waals surface area contributed by atoms with Gasteiger partial charge >= 0.3 is 0 Å². The molecule has 82 valence electrons. The van der Waals surface area contributed by atoms with Crippen molar-refractivity contribution in [1.82, 2.24) is 10.3 Å². The summed E-state index contributed by atoms with van der Waals surface area (Å²) in [6, 6.07) is 1.27. The summed E-state index contributed by atoms with van der Waals surface area (Å²) in [6.07, 6.45) is 1.51. The lowest BCUT2D eigenvalue weighted by atomic mass is 10.2. The van der Waals surface area contributed by atoms with Gasteiger partial charge in [-0.2, -0.15) is 0 Å². The van der Waals surface area contributed by atoms with Gasteiger partial charge in [0.15, 0.2) is 0 Å². The van der Waals surface area contributed by atoms with E-state index in [0.717, 1.165) is 0 Å². The summed E-state index contributed by atoms with van der Waals surface area (Å²) in [5.41, 5.74) is 0.284. The summed E-state index contributed by atoms with van der Waals surface area (Å²) >= 11 is 8.96. The Morgan fingerprint density at radius 1 is 1.80 bits per heavy atom. The van der Waals surface area contributed by atoms with Crippen molar-refractivity contribution >= 4 is 33.4 Å². The smallest absolute Gasteiger partial charge is 0.254 e.